The molecule has 2 aromatic carbocycles. The zero-order valence-corrected chi connectivity index (χ0v) is 14.3. The fourth-order valence-corrected chi connectivity index (χ4v) is 2.53. The lowest BCUT2D eigenvalue weighted by Gasteiger charge is -2.09. The van der Waals surface area contributed by atoms with E-state index >= 15 is 0 Å². The largest absolute Gasteiger partial charge is 0.479 e. The summed E-state index contributed by atoms with van der Waals surface area (Å²) in [5.74, 6) is 0.523. The molecule has 0 radical (unpaired) electrons. The van der Waals surface area contributed by atoms with Crippen molar-refractivity contribution in [2.75, 3.05) is 6.61 Å². The Hall–Kier alpha value is -2.07. The molecule has 2 aromatic rings. The van der Waals surface area contributed by atoms with Crippen molar-refractivity contribution in [1.82, 2.24) is 5.32 Å². The number of carbonyl (C=O) groups excluding carboxylic acids is 1. The number of benzene rings is 2. The van der Waals surface area contributed by atoms with E-state index < -0.39 is 0 Å². The minimum atomic E-state index is -0.101. The maximum Gasteiger partial charge on any atom is 0.252 e. The standard InChI is InChI=1S/C17H15IN2O2/c1-12-5-6-16(18)15(9-12)17(21)20-11-13-3-2-4-14(10-13)22-8-7-19/h2-6,9-10H,8,11H2,1H3,(H,20,21). The van der Waals surface area contributed by atoms with Crippen LogP contribution in [0.2, 0.25) is 0 Å². The predicted molar refractivity (Wildman–Crippen MR) is 92.6 cm³/mol. The lowest BCUT2D eigenvalue weighted by Crippen LogP contribution is -2.23. The number of hydrogen-bond acceptors (Lipinski definition) is 3. The van der Waals surface area contributed by atoms with Crippen molar-refractivity contribution in [2.24, 2.45) is 0 Å². The average Bonchev–Trinajstić information content (AvgIpc) is 2.53. The van der Waals surface area contributed by atoms with E-state index in [1.807, 2.05) is 49.4 Å². The van der Waals surface area contributed by atoms with Crippen LogP contribution in [0.25, 0.3) is 0 Å². The summed E-state index contributed by atoms with van der Waals surface area (Å²) < 4.78 is 6.17. The van der Waals surface area contributed by atoms with Gasteiger partial charge in [0.25, 0.3) is 5.91 Å². The van der Waals surface area contributed by atoms with E-state index in [2.05, 4.69) is 27.9 Å². The van der Waals surface area contributed by atoms with Crippen LogP contribution in [-0.2, 0) is 6.54 Å². The highest BCUT2D eigenvalue weighted by Crippen LogP contribution is 2.15. The van der Waals surface area contributed by atoms with E-state index in [-0.39, 0.29) is 12.5 Å². The number of nitrogens with zero attached hydrogens (tertiary/aromatic N) is 1. The summed E-state index contributed by atoms with van der Waals surface area (Å²) in [4.78, 5) is 12.3. The van der Waals surface area contributed by atoms with Crippen LogP contribution in [0.5, 0.6) is 5.75 Å². The summed E-state index contributed by atoms with van der Waals surface area (Å²) in [5.41, 5.74) is 2.65. The minimum Gasteiger partial charge on any atom is -0.479 e. The van der Waals surface area contributed by atoms with Crippen molar-refractivity contribution in [2.45, 2.75) is 13.5 Å². The van der Waals surface area contributed by atoms with Crippen LogP contribution >= 0.6 is 22.6 Å². The number of nitrogens with one attached hydrogen (secondary N) is 1. The second-order valence-corrected chi connectivity index (χ2v) is 5.92. The Balaban J connectivity index is 2.02. The van der Waals surface area contributed by atoms with Gasteiger partial charge in [0.1, 0.15) is 11.8 Å². The van der Waals surface area contributed by atoms with Crippen molar-refractivity contribution >= 4 is 28.5 Å². The smallest absolute Gasteiger partial charge is 0.252 e. The van der Waals surface area contributed by atoms with Gasteiger partial charge in [-0.25, -0.2) is 0 Å². The summed E-state index contributed by atoms with van der Waals surface area (Å²) in [7, 11) is 0. The number of aryl methyl sites for hydroxylation is 1. The quantitative estimate of drug-likeness (QED) is 0.775. The molecule has 0 atom stereocenters. The van der Waals surface area contributed by atoms with Gasteiger partial charge in [-0.3, -0.25) is 4.79 Å². The Bertz CT molecular complexity index is 723. The molecule has 1 amide bonds. The van der Waals surface area contributed by atoms with Gasteiger partial charge < -0.3 is 10.1 Å². The molecule has 0 aliphatic carbocycles. The van der Waals surface area contributed by atoms with Crippen molar-refractivity contribution in [3.63, 3.8) is 0 Å². The van der Waals surface area contributed by atoms with Gasteiger partial charge in [-0.05, 0) is 59.3 Å². The van der Waals surface area contributed by atoms with Crippen molar-refractivity contribution in [1.29, 1.82) is 5.26 Å². The molecular formula is C17H15IN2O2. The highest BCUT2D eigenvalue weighted by Gasteiger charge is 2.10. The summed E-state index contributed by atoms with van der Waals surface area (Å²) >= 11 is 2.16. The second kappa shape index (κ2) is 7.80. The zero-order chi connectivity index (χ0) is 15.9. The second-order valence-electron chi connectivity index (χ2n) is 4.76. The van der Waals surface area contributed by atoms with Gasteiger partial charge >= 0.3 is 0 Å². The number of amides is 1. The molecule has 0 unspecified atom stereocenters. The molecule has 112 valence electrons. The van der Waals surface area contributed by atoms with Gasteiger partial charge in [0.2, 0.25) is 0 Å². The highest BCUT2D eigenvalue weighted by atomic mass is 127. The van der Waals surface area contributed by atoms with E-state index in [1.54, 1.807) is 6.07 Å². The maximum atomic E-state index is 12.3. The normalized spacial score (nSPS) is 9.86. The third kappa shape index (κ3) is 4.46. The highest BCUT2D eigenvalue weighted by molar-refractivity contribution is 14.1. The Morgan fingerprint density at radius 2 is 2.14 bits per heavy atom. The van der Waals surface area contributed by atoms with Crippen LogP contribution in [0, 0.1) is 21.8 Å². The first-order chi connectivity index (χ1) is 10.6. The Labute approximate surface area is 143 Å². The fraction of sp³-hybridized carbons (Fsp3) is 0.176. The molecule has 1 N–H and O–H groups in total. The van der Waals surface area contributed by atoms with Crippen LogP contribution in [0.15, 0.2) is 42.5 Å². The molecule has 2 rings (SSSR count). The molecule has 4 nitrogen and oxygen atoms in total. The third-order valence-corrected chi connectivity index (χ3v) is 3.96. The molecule has 0 fully saturated rings. The molecule has 0 aliphatic rings. The molecule has 0 bridgehead atoms. The lowest BCUT2D eigenvalue weighted by molar-refractivity contribution is 0.0950. The molecule has 0 aromatic heterocycles. The number of ether oxygens (including phenoxy) is 1. The molecule has 0 heterocycles. The molecule has 22 heavy (non-hydrogen) atoms. The minimum absolute atomic E-state index is 0.0112. The molecule has 0 spiro atoms. The first-order valence-corrected chi connectivity index (χ1v) is 7.81. The van der Waals surface area contributed by atoms with Crippen LogP contribution in [0.4, 0.5) is 0 Å². The van der Waals surface area contributed by atoms with Crippen molar-refractivity contribution < 1.29 is 9.53 Å². The van der Waals surface area contributed by atoms with Gasteiger partial charge in [0.05, 0.1) is 5.56 Å². The van der Waals surface area contributed by atoms with E-state index in [9.17, 15) is 4.79 Å². The lowest BCUT2D eigenvalue weighted by atomic mass is 10.1. The van der Waals surface area contributed by atoms with Gasteiger partial charge in [0, 0.05) is 10.1 Å². The molecule has 0 aliphatic heterocycles. The van der Waals surface area contributed by atoms with Gasteiger partial charge in [-0.15, -0.1) is 0 Å². The zero-order valence-electron chi connectivity index (χ0n) is 12.1. The Morgan fingerprint density at radius 1 is 1.32 bits per heavy atom. The van der Waals surface area contributed by atoms with E-state index in [4.69, 9.17) is 10.00 Å². The molecule has 0 saturated carbocycles. The summed E-state index contributed by atoms with van der Waals surface area (Å²) in [6.07, 6.45) is 0. The first kappa shape index (κ1) is 16.3. The van der Waals surface area contributed by atoms with E-state index in [0.717, 1.165) is 14.7 Å². The average molecular weight is 406 g/mol. The Kier molecular flexibility index (Phi) is 5.78. The van der Waals surface area contributed by atoms with E-state index in [1.165, 1.54) is 0 Å². The van der Waals surface area contributed by atoms with Crippen molar-refractivity contribution in [3.05, 3.63) is 62.7 Å². The van der Waals surface area contributed by atoms with Crippen LogP contribution < -0.4 is 10.1 Å². The monoisotopic (exact) mass is 406 g/mol. The fourth-order valence-electron chi connectivity index (χ4n) is 1.95. The van der Waals surface area contributed by atoms with Gasteiger partial charge in [-0.1, -0.05) is 23.8 Å². The first-order valence-electron chi connectivity index (χ1n) is 6.73. The number of rotatable bonds is 5. The number of halogens is 1. The summed E-state index contributed by atoms with van der Waals surface area (Å²) in [5, 5.41) is 11.4. The molecule has 0 saturated heterocycles. The van der Waals surface area contributed by atoms with Crippen LogP contribution in [0.3, 0.4) is 0 Å². The maximum absolute atomic E-state index is 12.3. The SMILES string of the molecule is Cc1ccc(I)c(C(=O)NCc2cccc(OCC#N)c2)c1. The molecule has 5 heteroatoms. The van der Waals surface area contributed by atoms with E-state index in [0.29, 0.717) is 17.9 Å². The number of hydrogen-bond donors (Lipinski definition) is 1. The third-order valence-electron chi connectivity index (χ3n) is 3.02. The Morgan fingerprint density at radius 3 is 2.91 bits per heavy atom. The number of carbonyl (C=O) groups is 1. The summed E-state index contributed by atoms with van der Waals surface area (Å²) in [6, 6.07) is 15.1. The van der Waals surface area contributed by atoms with Gasteiger partial charge in [-0.2, -0.15) is 5.26 Å². The molecular weight excluding hydrogens is 391 g/mol. The number of nitriles is 1. The van der Waals surface area contributed by atoms with Crippen molar-refractivity contribution in [3.8, 4) is 11.8 Å². The van der Waals surface area contributed by atoms with Gasteiger partial charge in [0.15, 0.2) is 6.61 Å². The summed E-state index contributed by atoms with van der Waals surface area (Å²) in [6.45, 7) is 2.38. The topological polar surface area (TPSA) is 62.1 Å². The van der Waals surface area contributed by atoms with Crippen LogP contribution in [0.1, 0.15) is 21.5 Å². The predicted octanol–water partition coefficient (Wildman–Crippen LogP) is 3.43. The van der Waals surface area contributed by atoms with Crippen LogP contribution in [-0.4, -0.2) is 12.5 Å².